The largest absolute Gasteiger partial charge is 0.491 e. The van der Waals surface area contributed by atoms with Gasteiger partial charge in [0.2, 0.25) is 15.9 Å². The van der Waals surface area contributed by atoms with Crippen LogP contribution in [0.2, 0.25) is 0 Å². The second-order valence-corrected chi connectivity index (χ2v) is 8.41. The molecule has 1 aliphatic heterocycles. The molecule has 7 nitrogen and oxygen atoms in total. The molecule has 0 saturated carbocycles. The Hall–Kier alpha value is -1.64. The number of carbonyl (C=O) groups excluding carboxylic acids is 1. The molecule has 0 aliphatic carbocycles. The number of anilines is 1. The molecule has 0 aromatic heterocycles. The number of rotatable bonds is 8. The van der Waals surface area contributed by atoms with Crippen LogP contribution in [-0.4, -0.2) is 56.8 Å². The molecular weight excluding hydrogens is 344 g/mol. The monoisotopic (exact) mass is 370 g/mol. The van der Waals surface area contributed by atoms with Crippen molar-refractivity contribution in [2.75, 3.05) is 31.3 Å². The number of nitrogens with zero attached hydrogens (tertiary/aromatic N) is 1. The lowest BCUT2D eigenvalue weighted by Gasteiger charge is -2.22. The van der Waals surface area contributed by atoms with Gasteiger partial charge in [0.15, 0.2) is 0 Å². The third-order valence-corrected chi connectivity index (χ3v) is 4.95. The van der Waals surface area contributed by atoms with Gasteiger partial charge in [0.1, 0.15) is 5.75 Å². The zero-order valence-corrected chi connectivity index (χ0v) is 15.7. The van der Waals surface area contributed by atoms with Crippen LogP contribution in [0.15, 0.2) is 24.3 Å². The van der Waals surface area contributed by atoms with Crippen molar-refractivity contribution in [1.82, 2.24) is 4.31 Å². The van der Waals surface area contributed by atoms with Crippen LogP contribution < -0.4 is 10.1 Å². The van der Waals surface area contributed by atoms with E-state index < -0.39 is 10.0 Å². The van der Waals surface area contributed by atoms with E-state index in [1.54, 1.807) is 24.3 Å². The minimum absolute atomic E-state index is 0.0709. The van der Waals surface area contributed by atoms with Gasteiger partial charge in [-0.05, 0) is 51.0 Å². The summed E-state index contributed by atoms with van der Waals surface area (Å²) in [5, 5.41) is 2.71. The summed E-state index contributed by atoms with van der Waals surface area (Å²) in [5.74, 6) is 0.324. The molecule has 0 radical (unpaired) electrons. The van der Waals surface area contributed by atoms with Gasteiger partial charge in [-0.25, -0.2) is 8.42 Å². The number of hydrogen-bond acceptors (Lipinski definition) is 5. The van der Waals surface area contributed by atoms with Crippen LogP contribution >= 0.6 is 0 Å². The molecule has 2 rings (SSSR count). The molecule has 8 heteroatoms. The lowest BCUT2D eigenvalue weighted by Crippen LogP contribution is -2.41. The normalized spacial score (nSPS) is 17.9. The minimum Gasteiger partial charge on any atom is -0.491 e. The molecule has 1 aliphatic rings. The maximum atomic E-state index is 12.2. The first kappa shape index (κ1) is 19.7. The van der Waals surface area contributed by atoms with Crippen LogP contribution in [0.25, 0.3) is 0 Å². The third kappa shape index (κ3) is 6.64. The first-order valence-electron chi connectivity index (χ1n) is 8.37. The molecule has 1 fully saturated rings. The highest BCUT2D eigenvalue weighted by Crippen LogP contribution is 2.18. The summed E-state index contributed by atoms with van der Waals surface area (Å²) in [6.07, 6.45) is 2.76. The summed E-state index contributed by atoms with van der Waals surface area (Å²) in [6.45, 7) is 4.47. The number of nitrogens with one attached hydrogen (secondary N) is 1. The Kier molecular flexibility index (Phi) is 6.80. The van der Waals surface area contributed by atoms with Crippen molar-refractivity contribution in [3.8, 4) is 5.75 Å². The van der Waals surface area contributed by atoms with Crippen LogP contribution in [0.4, 0.5) is 5.69 Å². The number of ether oxygens (including phenoxy) is 2. The molecule has 1 aromatic carbocycles. The van der Waals surface area contributed by atoms with Crippen LogP contribution in [0.3, 0.4) is 0 Å². The summed E-state index contributed by atoms with van der Waals surface area (Å²) in [7, 11) is -3.49. The third-order valence-electron chi connectivity index (χ3n) is 3.73. The van der Waals surface area contributed by atoms with Gasteiger partial charge in [-0.3, -0.25) is 4.79 Å². The summed E-state index contributed by atoms with van der Waals surface area (Å²) >= 11 is 0. The molecule has 1 aromatic rings. The van der Waals surface area contributed by atoms with Gasteiger partial charge in [0.25, 0.3) is 0 Å². The van der Waals surface area contributed by atoms with Gasteiger partial charge in [-0.2, -0.15) is 4.31 Å². The molecule has 1 heterocycles. The summed E-state index contributed by atoms with van der Waals surface area (Å²) in [6, 6.07) is 6.97. The van der Waals surface area contributed by atoms with Crippen molar-refractivity contribution in [3.05, 3.63) is 24.3 Å². The molecule has 0 bridgehead atoms. The smallest absolute Gasteiger partial charge is 0.239 e. The second-order valence-electron chi connectivity index (χ2n) is 6.43. The van der Waals surface area contributed by atoms with Gasteiger partial charge in [0.05, 0.1) is 25.0 Å². The van der Waals surface area contributed by atoms with Crippen LogP contribution in [0.5, 0.6) is 5.75 Å². The maximum absolute atomic E-state index is 12.2. The topological polar surface area (TPSA) is 84.9 Å². The Morgan fingerprint density at radius 1 is 1.36 bits per heavy atom. The number of amides is 1. The van der Waals surface area contributed by atoms with E-state index in [0.717, 1.165) is 23.4 Å². The Morgan fingerprint density at radius 3 is 2.56 bits per heavy atom. The molecule has 140 valence electrons. The van der Waals surface area contributed by atoms with E-state index in [9.17, 15) is 13.2 Å². The quantitative estimate of drug-likeness (QED) is 0.755. The van der Waals surface area contributed by atoms with E-state index in [1.807, 2.05) is 13.8 Å². The van der Waals surface area contributed by atoms with Gasteiger partial charge >= 0.3 is 0 Å². The fourth-order valence-corrected chi connectivity index (χ4v) is 3.37. The minimum atomic E-state index is -3.49. The van der Waals surface area contributed by atoms with Crippen LogP contribution in [-0.2, 0) is 19.6 Å². The number of sulfonamides is 1. The van der Waals surface area contributed by atoms with Crippen molar-refractivity contribution in [3.63, 3.8) is 0 Å². The standard InChI is InChI=1S/C17H26N2O5S/c1-13(2)24-15-8-6-14(7-9-15)18-17(20)12-19(25(3,21)22)11-16-5-4-10-23-16/h6-9,13,16H,4-5,10-12H2,1-3H3,(H,18,20). The molecule has 0 spiro atoms. The van der Waals surface area contributed by atoms with E-state index in [4.69, 9.17) is 9.47 Å². The summed E-state index contributed by atoms with van der Waals surface area (Å²) < 4.78 is 36.0. The van der Waals surface area contributed by atoms with E-state index in [1.165, 1.54) is 0 Å². The van der Waals surface area contributed by atoms with Crippen molar-refractivity contribution in [2.24, 2.45) is 0 Å². The van der Waals surface area contributed by atoms with Crippen LogP contribution in [0, 0.1) is 0 Å². The Labute approximate surface area is 149 Å². The Balaban J connectivity index is 1.93. The van der Waals surface area contributed by atoms with Crippen molar-refractivity contribution in [2.45, 2.75) is 38.9 Å². The fraction of sp³-hybridized carbons (Fsp3) is 0.588. The van der Waals surface area contributed by atoms with Gasteiger partial charge in [-0.15, -0.1) is 0 Å². The highest BCUT2D eigenvalue weighted by atomic mass is 32.2. The number of benzene rings is 1. The highest BCUT2D eigenvalue weighted by molar-refractivity contribution is 7.88. The molecule has 1 atom stereocenters. The average Bonchev–Trinajstić information content (AvgIpc) is 3.00. The van der Waals surface area contributed by atoms with Crippen molar-refractivity contribution >= 4 is 21.6 Å². The average molecular weight is 370 g/mol. The van der Waals surface area contributed by atoms with E-state index in [2.05, 4.69) is 5.32 Å². The molecule has 1 amide bonds. The predicted octanol–water partition coefficient (Wildman–Crippen LogP) is 1.85. The van der Waals surface area contributed by atoms with E-state index in [0.29, 0.717) is 18.0 Å². The Morgan fingerprint density at radius 2 is 2.04 bits per heavy atom. The number of hydrogen-bond donors (Lipinski definition) is 1. The highest BCUT2D eigenvalue weighted by Gasteiger charge is 2.26. The van der Waals surface area contributed by atoms with Crippen molar-refractivity contribution < 1.29 is 22.7 Å². The molecule has 1 N–H and O–H groups in total. The van der Waals surface area contributed by atoms with Gasteiger partial charge in [0, 0.05) is 18.8 Å². The van der Waals surface area contributed by atoms with Gasteiger partial charge < -0.3 is 14.8 Å². The lowest BCUT2D eigenvalue weighted by atomic mass is 10.2. The summed E-state index contributed by atoms with van der Waals surface area (Å²) in [4.78, 5) is 12.2. The summed E-state index contributed by atoms with van der Waals surface area (Å²) in [5.41, 5.74) is 0.590. The van der Waals surface area contributed by atoms with Gasteiger partial charge in [-0.1, -0.05) is 0 Å². The SMILES string of the molecule is CC(C)Oc1ccc(NC(=O)CN(CC2CCCO2)S(C)(=O)=O)cc1. The van der Waals surface area contributed by atoms with Crippen molar-refractivity contribution in [1.29, 1.82) is 0 Å². The second kappa shape index (κ2) is 8.64. The zero-order valence-electron chi connectivity index (χ0n) is 14.9. The number of carbonyl (C=O) groups is 1. The fourth-order valence-electron chi connectivity index (χ4n) is 2.58. The first-order chi connectivity index (χ1) is 11.7. The first-order valence-corrected chi connectivity index (χ1v) is 10.2. The molecular formula is C17H26N2O5S. The van der Waals surface area contributed by atoms with E-state index >= 15 is 0 Å². The zero-order chi connectivity index (χ0) is 18.4. The molecule has 25 heavy (non-hydrogen) atoms. The maximum Gasteiger partial charge on any atom is 0.239 e. The molecule has 1 unspecified atom stereocenters. The lowest BCUT2D eigenvalue weighted by molar-refractivity contribution is -0.116. The van der Waals surface area contributed by atoms with Crippen LogP contribution in [0.1, 0.15) is 26.7 Å². The van der Waals surface area contributed by atoms with E-state index in [-0.39, 0.29) is 31.2 Å². The predicted molar refractivity (Wildman–Crippen MR) is 96.2 cm³/mol. The Bertz CT molecular complexity index is 667. The molecule has 1 saturated heterocycles.